The van der Waals surface area contributed by atoms with Crippen LogP contribution in [0.15, 0.2) is 23.8 Å². The molecule has 25 heavy (non-hydrogen) atoms. The Hall–Kier alpha value is -2.83. The predicted molar refractivity (Wildman–Crippen MR) is 90.7 cm³/mol. The molecular formula is C18H20N2O5. The van der Waals surface area contributed by atoms with Crippen molar-refractivity contribution in [3.8, 4) is 5.75 Å². The van der Waals surface area contributed by atoms with Gasteiger partial charge in [0.15, 0.2) is 0 Å². The Morgan fingerprint density at radius 1 is 1.20 bits per heavy atom. The number of anilines is 1. The van der Waals surface area contributed by atoms with Gasteiger partial charge in [0.25, 0.3) is 11.8 Å². The second-order valence-electron chi connectivity index (χ2n) is 5.81. The van der Waals surface area contributed by atoms with Crippen molar-refractivity contribution in [2.45, 2.75) is 26.7 Å². The zero-order chi connectivity index (χ0) is 18.0. The SMILES string of the molecule is CCN(CC)c1ccc2c(c1)OCC(C(=O)ON1C(=O)CCC1=O)=C2. The van der Waals surface area contributed by atoms with E-state index in [9.17, 15) is 14.4 Å². The molecule has 0 atom stereocenters. The van der Waals surface area contributed by atoms with Gasteiger partial charge in [0.05, 0.1) is 5.57 Å². The molecule has 1 aromatic rings. The Balaban J connectivity index is 1.76. The number of imide groups is 1. The van der Waals surface area contributed by atoms with Gasteiger partial charge in [-0.15, -0.1) is 5.06 Å². The van der Waals surface area contributed by atoms with Gasteiger partial charge in [-0.25, -0.2) is 4.79 Å². The van der Waals surface area contributed by atoms with Crippen LogP contribution in [0.5, 0.6) is 5.75 Å². The highest BCUT2D eigenvalue weighted by Crippen LogP contribution is 2.31. The maximum Gasteiger partial charge on any atom is 0.363 e. The summed E-state index contributed by atoms with van der Waals surface area (Å²) in [4.78, 5) is 42.4. The minimum absolute atomic E-state index is 0.0315. The van der Waals surface area contributed by atoms with Gasteiger partial charge >= 0.3 is 5.97 Å². The fourth-order valence-electron chi connectivity index (χ4n) is 2.85. The van der Waals surface area contributed by atoms with E-state index in [-0.39, 0.29) is 25.0 Å². The number of nitrogens with zero attached hydrogens (tertiary/aromatic N) is 2. The number of hydrogen-bond acceptors (Lipinski definition) is 6. The van der Waals surface area contributed by atoms with Crippen molar-refractivity contribution in [1.82, 2.24) is 5.06 Å². The van der Waals surface area contributed by atoms with Crippen LogP contribution in [0.1, 0.15) is 32.3 Å². The van der Waals surface area contributed by atoms with Crippen molar-refractivity contribution in [2.75, 3.05) is 24.6 Å². The summed E-state index contributed by atoms with van der Waals surface area (Å²) >= 11 is 0. The van der Waals surface area contributed by atoms with Crippen molar-refractivity contribution >= 4 is 29.5 Å². The van der Waals surface area contributed by atoms with Crippen LogP contribution in [0.2, 0.25) is 0 Å². The van der Waals surface area contributed by atoms with Gasteiger partial charge in [-0.2, -0.15) is 0 Å². The van der Waals surface area contributed by atoms with E-state index in [0.29, 0.717) is 10.8 Å². The number of fused-ring (bicyclic) bond motifs is 1. The lowest BCUT2D eigenvalue weighted by molar-refractivity contribution is -0.194. The predicted octanol–water partition coefficient (Wildman–Crippen LogP) is 1.92. The number of hydroxylamine groups is 2. The molecule has 3 rings (SSSR count). The van der Waals surface area contributed by atoms with E-state index in [1.165, 1.54) is 0 Å². The van der Waals surface area contributed by atoms with Gasteiger partial charge in [-0.05, 0) is 32.1 Å². The molecule has 132 valence electrons. The highest BCUT2D eigenvalue weighted by molar-refractivity contribution is 6.03. The lowest BCUT2D eigenvalue weighted by Gasteiger charge is -2.24. The fourth-order valence-corrected chi connectivity index (χ4v) is 2.85. The Kier molecular flexibility index (Phi) is 4.74. The topological polar surface area (TPSA) is 76.2 Å². The first-order valence-electron chi connectivity index (χ1n) is 8.34. The van der Waals surface area contributed by atoms with Gasteiger partial charge in [-0.1, -0.05) is 0 Å². The monoisotopic (exact) mass is 344 g/mol. The van der Waals surface area contributed by atoms with Gasteiger partial charge < -0.3 is 14.5 Å². The molecule has 0 radical (unpaired) electrons. The number of ether oxygens (including phenoxy) is 1. The molecule has 1 aromatic carbocycles. The van der Waals surface area contributed by atoms with E-state index in [4.69, 9.17) is 9.57 Å². The highest BCUT2D eigenvalue weighted by atomic mass is 16.7. The van der Waals surface area contributed by atoms with Gasteiger partial charge in [0, 0.05) is 43.2 Å². The molecule has 1 saturated heterocycles. The summed E-state index contributed by atoms with van der Waals surface area (Å²) < 4.78 is 5.67. The van der Waals surface area contributed by atoms with Crippen LogP contribution in [0.3, 0.4) is 0 Å². The molecule has 0 saturated carbocycles. The molecule has 0 aromatic heterocycles. The van der Waals surface area contributed by atoms with Crippen molar-refractivity contribution < 1.29 is 24.0 Å². The molecule has 7 nitrogen and oxygen atoms in total. The number of carbonyl (C=O) groups is 3. The molecule has 2 heterocycles. The van der Waals surface area contributed by atoms with Crippen LogP contribution in [0.25, 0.3) is 6.08 Å². The molecule has 2 aliphatic heterocycles. The maximum absolute atomic E-state index is 12.2. The summed E-state index contributed by atoms with van der Waals surface area (Å²) in [7, 11) is 0. The smallest absolute Gasteiger partial charge is 0.363 e. The Morgan fingerprint density at radius 3 is 2.52 bits per heavy atom. The molecule has 0 bridgehead atoms. The van der Waals surface area contributed by atoms with E-state index < -0.39 is 17.8 Å². The zero-order valence-electron chi connectivity index (χ0n) is 14.3. The minimum atomic E-state index is -0.748. The molecular weight excluding hydrogens is 324 g/mol. The van der Waals surface area contributed by atoms with E-state index in [0.717, 1.165) is 24.3 Å². The first-order valence-corrected chi connectivity index (χ1v) is 8.34. The van der Waals surface area contributed by atoms with E-state index in [1.807, 2.05) is 18.2 Å². The average Bonchev–Trinajstić information content (AvgIpc) is 2.94. The standard InChI is InChI=1S/C18H20N2O5/c1-3-19(4-2)14-6-5-12-9-13(11-24-15(12)10-14)18(23)25-20-16(21)7-8-17(20)22/h5-6,9-10H,3-4,7-8,11H2,1-2H3. The van der Waals surface area contributed by atoms with Crippen LogP contribution < -0.4 is 9.64 Å². The molecule has 0 N–H and O–H groups in total. The van der Waals surface area contributed by atoms with Gasteiger partial charge in [0.2, 0.25) is 0 Å². The van der Waals surface area contributed by atoms with E-state index in [2.05, 4.69) is 18.7 Å². The van der Waals surface area contributed by atoms with Crippen molar-refractivity contribution in [3.05, 3.63) is 29.3 Å². The minimum Gasteiger partial charge on any atom is -0.488 e. The molecule has 0 aliphatic carbocycles. The maximum atomic E-state index is 12.2. The van der Waals surface area contributed by atoms with Crippen LogP contribution in [0, 0.1) is 0 Å². The van der Waals surface area contributed by atoms with Crippen LogP contribution >= 0.6 is 0 Å². The Bertz CT molecular complexity index is 736. The zero-order valence-corrected chi connectivity index (χ0v) is 14.3. The first-order chi connectivity index (χ1) is 12.0. The van der Waals surface area contributed by atoms with E-state index >= 15 is 0 Å². The second-order valence-corrected chi connectivity index (χ2v) is 5.81. The summed E-state index contributed by atoms with van der Waals surface area (Å²) in [6, 6.07) is 5.78. The molecule has 2 amide bonds. The third-order valence-electron chi connectivity index (χ3n) is 4.28. The molecule has 2 aliphatic rings. The molecule has 1 fully saturated rings. The molecule has 7 heteroatoms. The summed E-state index contributed by atoms with van der Waals surface area (Å²) in [6.45, 7) is 5.97. The number of benzene rings is 1. The van der Waals surface area contributed by atoms with Crippen LogP contribution in [-0.4, -0.2) is 42.5 Å². The molecule has 0 spiro atoms. The number of rotatable bonds is 5. The van der Waals surface area contributed by atoms with Crippen molar-refractivity contribution in [1.29, 1.82) is 0 Å². The largest absolute Gasteiger partial charge is 0.488 e. The van der Waals surface area contributed by atoms with Gasteiger partial charge in [-0.3, -0.25) is 9.59 Å². The quantitative estimate of drug-likeness (QED) is 0.760. The van der Waals surface area contributed by atoms with Gasteiger partial charge in [0.1, 0.15) is 12.4 Å². The third kappa shape index (κ3) is 3.35. The summed E-state index contributed by atoms with van der Waals surface area (Å²) in [5.41, 5.74) is 2.07. The number of amides is 2. The molecule has 0 unspecified atom stereocenters. The normalized spacial score (nSPS) is 16.2. The van der Waals surface area contributed by atoms with E-state index in [1.54, 1.807) is 6.08 Å². The number of hydrogen-bond donors (Lipinski definition) is 0. The Labute approximate surface area is 145 Å². The van der Waals surface area contributed by atoms with Crippen molar-refractivity contribution in [3.63, 3.8) is 0 Å². The second kappa shape index (κ2) is 6.96. The highest BCUT2D eigenvalue weighted by Gasteiger charge is 2.34. The lowest BCUT2D eigenvalue weighted by atomic mass is 10.1. The van der Waals surface area contributed by atoms with Crippen LogP contribution in [0.4, 0.5) is 5.69 Å². The summed E-state index contributed by atoms with van der Waals surface area (Å²) in [5.74, 6) is -1.06. The summed E-state index contributed by atoms with van der Waals surface area (Å²) in [5, 5.41) is 0.544. The lowest BCUT2D eigenvalue weighted by Crippen LogP contribution is -2.33. The third-order valence-corrected chi connectivity index (χ3v) is 4.28. The first kappa shape index (κ1) is 17.0. The fraction of sp³-hybridized carbons (Fsp3) is 0.389. The van der Waals surface area contributed by atoms with Crippen LogP contribution in [-0.2, 0) is 19.2 Å². The number of carbonyl (C=O) groups excluding carboxylic acids is 3. The average molecular weight is 344 g/mol. The summed E-state index contributed by atoms with van der Waals surface area (Å²) in [6.07, 6.45) is 1.80. The Morgan fingerprint density at radius 2 is 1.88 bits per heavy atom. The van der Waals surface area contributed by atoms with Crippen molar-refractivity contribution in [2.24, 2.45) is 0 Å².